The van der Waals surface area contributed by atoms with Gasteiger partial charge in [0.1, 0.15) is 5.69 Å². The van der Waals surface area contributed by atoms with Crippen LogP contribution in [-0.4, -0.2) is 20.9 Å². The lowest BCUT2D eigenvalue weighted by Gasteiger charge is -1.96. The molecule has 0 amide bonds. The SMILES string of the molecule is Cc1nn(C)c(C)c1N=Cc1cccc([N+](=O)[O-])c1. The Bertz CT molecular complexity index is 659. The highest BCUT2D eigenvalue weighted by Crippen LogP contribution is 2.22. The summed E-state index contributed by atoms with van der Waals surface area (Å²) < 4.78 is 1.76. The van der Waals surface area contributed by atoms with Crippen molar-refractivity contribution in [3.63, 3.8) is 0 Å². The minimum absolute atomic E-state index is 0.0589. The summed E-state index contributed by atoms with van der Waals surface area (Å²) in [5, 5.41) is 15.0. The lowest BCUT2D eigenvalue weighted by molar-refractivity contribution is -0.384. The standard InChI is InChI=1S/C13H14N4O2/c1-9-13(10(2)16(3)15-9)14-8-11-5-4-6-12(7-11)17(18)19/h4-8H,1-3H3. The van der Waals surface area contributed by atoms with Crippen molar-refractivity contribution in [3.8, 4) is 0 Å². The van der Waals surface area contributed by atoms with E-state index in [4.69, 9.17) is 0 Å². The second-order valence-corrected chi connectivity index (χ2v) is 4.25. The molecule has 0 unspecified atom stereocenters. The van der Waals surface area contributed by atoms with Crippen LogP contribution in [0.1, 0.15) is 17.0 Å². The monoisotopic (exact) mass is 258 g/mol. The second kappa shape index (κ2) is 5.01. The Kier molecular flexibility index (Phi) is 3.41. The third kappa shape index (κ3) is 2.67. The highest BCUT2D eigenvalue weighted by Gasteiger charge is 2.08. The molecule has 0 fully saturated rings. The number of non-ortho nitro benzene ring substituents is 1. The summed E-state index contributed by atoms with van der Waals surface area (Å²) in [5.41, 5.74) is 3.34. The van der Waals surface area contributed by atoms with Crippen molar-refractivity contribution in [1.29, 1.82) is 0 Å². The van der Waals surface area contributed by atoms with Crippen LogP contribution in [0.2, 0.25) is 0 Å². The predicted molar refractivity (Wildman–Crippen MR) is 73.0 cm³/mol. The maximum absolute atomic E-state index is 10.7. The maximum atomic E-state index is 10.7. The van der Waals surface area contributed by atoms with Crippen LogP contribution in [-0.2, 0) is 7.05 Å². The molecule has 19 heavy (non-hydrogen) atoms. The van der Waals surface area contributed by atoms with Gasteiger partial charge in [-0.1, -0.05) is 12.1 Å². The molecule has 1 aromatic carbocycles. The fraction of sp³-hybridized carbons (Fsp3) is 0.231. The lowest BCUT2D eigenvalue weighted by Crippen LogP contribution is -1.92. The number of rotatable bonds is 3. The van der Waals surface area contributed by atoms with E-state index in [9.17, 15) is 10.1 Å². The highest BCUT2D eigenvalue weighted by atomic mass is 16.6. The Morgan fingerprint density at radius 1 is 1.42 bits per heavy atom. The molecule has 0 aliphatic carbocycles. The number of hydrogen-bond donors (Lipinski definition) is 0. The summed E-state index contributed by atoms with van der Waals surface area (Å²) in [6, 6.07) is 6.36. The van der Waals surface area contributed by atoms with Crippen molar-refractivity contribution in [1.82, 2.24) is 9.78 Å². The summed E-state index contributed by atoms with van der Waals surface area (Å²) in [4.78, 5) is 14.6. The van der Waals surface area contributed by atoms with Crippen LogP contribution in [0.5, 0.6) is 0 Å². The Labute approximate surface area is 110 Å². The molecule has 0 atom stereocenters. The molecule has 0 saturated heterocycles. The minimum atomic E-state index is -0.419. The number of nitro benzene ring substituents is 1. The molecular formula is C13H14N4O2. The summed E-state index contributed by atoms with van der Waals surface area (Å²) in [5.74, 6) is 0. The number of benzene rings is 1. The van der Waals surface area contributed by atoms with Gasteiger partial charge in [0, 0.05) is 25.4 Å². The van der Waals surface area contributed by atoms with Crippen molar-refractivity contribution in [3.05, 3.63) is 51.3 Å². The van der Waals surface area contributed by atoms with Crippen LogP contribution >= 0.6 is 0 Å². The van der Waals surface area contributed by atoms with Gasteiger partial charge < -0.3 is 0 Å². The molecule has 0 N–H and O–H groups in total. The molecule has 1 aromatic heterocycles. The van der Waals surface area contributed by atoms with Crippen molar-refractivity contribution in [2.24, 2.45) is 12.0 Å². The highest BCUT2D eigenvalue weighted by molar-refractivity contribution is 5.83. The van der Waals surface area contributed by atoms with Crippen LogP contribution in [0.25, 0.3) is 0 Å². The van der Waals surface area contributed by atoms with E-state index in [0.717, 1.165) is 17.1 Å². The van der Waals surface area contributed by atoms with E-state index in [0.29, 0.717) is 5.56 Å². The first kappa shape index (κ1) is 12.9. The molecule has 0 radical (unpaired) electrons. The quantitative estimate of drug-likeness (QED) is 0.482. The minimum Gasteiger partial charge on any atom is -0.270 e. The molecule has 2 aromatic rings. The van der Waals surface area contributed by atoms with E-state index in [1.54, 1.807) is 23.0 Å². The number of aryl methyl sites for hydroxylation is 2. The van der Waals surface area contributed by atoms with E-state index in [1.165, 1.54) is 12.1 Å². The molecule has 0 aliphatic heterocycles. The molecule has 2 rings (SSSR count). The molecule has 0 bridgehead atoms. The van der Waals surface area contributed by atoms with Gasteiger partial charge in [0.25, 0.3) is 5.69 Å². The van der Waals surface area contributed by atoms with Crippen LogP contribution in [0.4, 0.5) is 11.4 Å². The average Bonchev–Trinajstić information content (AvgIpc) is 2.61. The first-order valence-electron chi connectivity index (χ1n) is 5.78. The molecule has 0 spiro atoms. The molecule has 6 nitrogen and oxygen atoms in total. The van der Waals surface area contributed by atoms with Gasteiger partial charge in [0.15, 0.2) is 0 Å². The lowest BCUT2D eigenvalue weighted by atomic mass is 10.2. The zero-order valence-electron chi connectivity index (χ0n) is 11.0. The van der Waals surface area contributed by atoms with Gasteiger partial charge in [0.2, 0.25) is 0 Å². The van der Waals surface area contributed by atoms with Gasteiger partial charge in [-0.05, 0) is 19.4 Å². The number of nitrogens with zero attached hydrogens (tertiary/aromatic N) is 4. The number of aromatic nitrogens is 2. The summed E-state index contributed by atoms with van der Waals surface area (Å²) >= 11 is 0. The number of hydrogen-bond acceptors (Lipinski definition) is 4. The van der Waals surface area contributed by atoms with Crippen molar-refractivity contribution in [2.45, 2.75) is 13.8 Å². The number of aliphatic imine (C=N–C) groups is 1. The van der Waals surface area contributed by atoms with E-state index >= 15 is 0 Å². The Morgan fingerprint density at radius 2 is 2.16 bits per heavy atom. The summed E-state index contributed by atoms with van der Waals surface area (Å²) in [7, 11) is 1.86. The average molecular weight is 258 g/mol. The van der Waals surface area contributed by atoms with Crippen LogP contribution < -0.4 is 0 Å². The predicted octanol–water partition coefficient (Wildman–Crippen LogP) is 2.70. The molecule has 6 heteroatoms. The third-order valence-corrected chi connectivity index (χ3v) is 2.89. The van der Waals surface area contributed by atoms with Gasteiger partial charge in [0.05, 0.1) is 16.3 Å². The van der Waals surface area contributed by atoms with Crippen molar-refractivity contribution < 1.29 is 4.92 Å². The Morgan fingerprint density at radius 3 is 2.74 bits per heavy atom. The topological polar surface area (TPSA) is 73.3 Å². The van der Waals surface area contributed by atoms with Crippen molar-refractivity contribution in [2.75, 3.05) is 0 Å². The van der Waals surface area contributed by atoms with E-state index in [2.05, 4.69) is 10.1 Å². The smallest absolute Gasteiger partial charge is 0.270 e. The fourth-order valence-corrected chi connectivity index (χ4v) is 1.81. The third-order valence-electron chi connectivity index (χ3n) is 2.89. The first-order chi connectivity index (χ1) is 8.99. The van der Waals surface area contributed by atoms with Crippen LogP contribution in [0, 0.1) is 24.0 Å². The van der Waals surface area contributed by atoms with Gasteiger partial charge in [-0.25, -0.2) is 0 Å². The first-order valence-corrected chi connectivity index (χ1v) is 5.78. The number of nitro groups is 1. The van der Waals surface area contributed by atoms with Crippen LogP contribution in [0.3, 0.4) is 0 Å². The second-order valence-electron chi connectivity index (χ2n) is 4.25. The summed E-state index contributed by atoms with van der Waals surface area (Å²) in [6.07, 6.45) is 1.62. The zero-order chi connectivity index (χ0) is 14.0. The van der Waals surface area contributed by atoms with Crippen LogP contribution in [0.15, 0.2) is 29.3 Å². The maximum Gasteiger partial charge on any atom is 0.270 e. The molecule has 0 aliphatic rings. The van der Waals surface area contributed by atoms with Gasteiger partial charge >= 0.3 is 0 Å². The Balaban J connectivity index is 2.32. The molecule has 1 heterocycles. The largest absolute Gasteiger partial charge is 0.270 e. The van der Waals surface area contributed by atoms with E-state index < -0.39 is 4.92 Å². The Hall–Kier alpha value is -2.50. The van der Waals surface area contributed by atoms with Crippen molar-refractivity contribution >= 4 is 17.6 Å². The van der Waals surface area contributed by atoms with E-state index in [1.807, 2.05) is 20.9 Å². The van der Waals surface area contributed by atoms with Gasteiger partial charge in [-0.15, -0.1) is 0 Å². The molecule has 98 valence electrons. The van der Waals surface area contributed by atoms with Gasteiger partial charge in [-0.3, -0.25) is 19.8 Å². The van der Waals surface area contributed by atoms with E-state index in [-0.39, 0.29) is 5.69 Å². The molecule has 0 saturated carbocycles. The molecular weight excluding hydrogens is 244 g/mol. The van der Waals surface area contributed by atoms with Gasteiger partial charge in [-0.2, -0.15) is 5.10 Å². The zero-order valence-corrected chi connectivity index (χ0v) is 11.0. The fourth-order valence-electron chi connectivity index (χ4n) is 1.81. The normalized spacial score (nSPS) is 11.1. The summed E-state index contributed by atoms with van der Waals surface area (Å²) in [6.45, 7) is 3.81.